The number of ether oxygens (including phenoxy) is 2. The molecule has 4 nitrogen and oxygen atoms in total. The molecular formula is C21H29Cl3N2O2. The Morgan fingerprint density at radius 3 is 2.46 bits per heavy atom. The zero-order chi connectivity index (χ0) is 18.2. The van der Waals surface area contributed by atoms with Gasteiger partial charge in [-0.25, -0.2) is 0 Å². The first-order chi connectivity index (χ1) is 12.8. The van der Waals surface area contributed by atoms with E-state index in [1.54, 1.807) is 7.11 Å². The van der Waals surface area contributed by atoms with Crippen LogP contribution in [0.3, 0.4) is 0 Å². The number of rotatable bonds is 8. The average Bonchev–Trinajstić information content (AvgIpc) is 2.69. The van der Waals surface area contributed by atoms with Gasteiger partial charge in [0, 0.05) is 17.1 Å². The second-order valence-electron chi connectivity index (χ2n) is 6.69. The number of para-hydroxylation sites is 1. The molecule has 2 aromatic carbocycles. The summed E-state index contributed by atoms with van der Waals surface area (Å²) in [5.74, 6) is 2.32. The van der Waals surface area contributed by atoms with Crippen LogP contribution in [-0.2, 0) is 13.2 Å². The summed E-state index contributed by atoms with van der Waals surface area (Å²) in [5.41, 5.74) is 2.20. The van der Waals surface area contributed by atoms with Gasteiger partial charge in [-0.15, -0.1) is 24.8 Å². The van der Waals surface area contributed by atoms with E-state index in [1.807, 2.05) is 36.4 Å². The molecule has 0 bridgehead atoms. The van der Waals surface area contributed by atoms with Gasteiger partial charge < -0.3 is 20.1 Å². The minimum atomic E-state index is 0. The average molecular weight is 448 g/mol. The number of nitrogens with one attached hydrogen (secondary N) is 2. The number of benzene rings is 2. The fourth-order valence-electron chi connectivity index (χ4n) is 3.26. The Balaban J connectivity index is 0.00000196. The second-order valence-corrected chi connectivity index (χ2v) is 7.12. The monoisotopic (exact) mass is 446 g/mol. The number of piperidine rings is 1. The Hall–Kier alpha value is -1.17. The maximum Gasteiger partial charge on any atom is 0.166 e. The van der Waals surface area contributed by atoms with Gasteiger partial charge in [-0.2, -0.15) is 0 Å². The highest BCUT2D eigenvalue weighted by Crippen LogP contribution is 2.32. The Labute approximate surface area is 185 Å². The summed E-state index contributed by atoms with van der Waals surface area (Å²) in [4.78, 5) is 0. The summed E-state index contributed by atoms with van der Waals surface area (Å²) >= 11 is 5.95. The standard InChI is InChI=1S/C21H27ClN2O2.2ClH/c1-25-20-4-2-3-18(14-24-13-16-9-11-23-12-10-16)21(20)26-15-17-5-7-19(22)8-6-17;;/h2-8,16,23-24H,9-15H2,1H3;2*1H. The van der Waals surface area contributed by atoms with Gasteiger partial charge in [-0.3, -0.25) is 0 Å². The quantitative estimate of drug-likeness (QED) is 0.606. The van der Waals surface area contributed by atoms with Crippen LogP contribution in [0.5, 0.6) is 11.5 Å². The first-order valence-electron chi connectivity index (χ1n) is 9.21. The molecule has 0 amide bonds. The molecule has 0 radical (unpaired) electrons. The van der Waals surface area contributed by atoms with Crippen molar-refractivity contribution in [3.8, 4) is 11.5 Å². The van der Waals surface area contributed by atoms with Gasteiger partial charge in [0.15, 0.2) is 11.5 Å². The fraction of sp³-hybridized carbons (Fsp3) is 0.429. The predicted molar refractivity (Wildman–Crippen MR) is 121 cm³/mol. The maximum absolute atomic E-state index is 6.11. The van der Waals surface area contributed by atoms with Crippen LogP contribution in [0.25, 0.3) is 0 Å². The molecule has 2 aromatic rings. The van der Waals surface area contributed by atoms with Gasteiger partial charge in [-0.05, 0) is 62.2 Å². The summed E-state index contributed by atoms with van der Waals surface area (Å²) in [7, 11) is 1.68. The van der Waals surface area contributed by atoms with Crippen LogP contribution in [0.15, 0.2) is 42.5 Å². The molecule has 1 aliphatic rings. The maximum atomic E-state index is 6.11. The lowest BCUT2D eigenvalue weighted by Crippen LogP contribution is -2.33. The van der Waals surface area contributed by atoms with Crippen LogP contribution in [-0.4, -0.2) is 26.7 Å². The highest BCUT2D eigenvalue weighted by molar-refractivity contribution is 6.30. The largest absolute Gasteiger partial charge is 0.493 e. The van der Waals surface area contributed by atoms with Crippen molar-refractivity contribution in [3.63, 3.8) is 0 Å². The Morgan fingerprint density at radius 1 is 1.07 bits per heavy atom. The van der Waals surface area contributed by atoms with Crippen LogP contribution in [0, 0.1) is 5.92 Å². The SMILES string of the molecule is COc1cccc(CNCC2CCNCC2)c1OCc1ccc(Cl)cc1.Cl.Cl. The zero-order valence-corrected chi connectivity index (χ0v) is 18.5. The Kier molecular flexibility index (Phi) is 11.7. The third-order valence-corrected chi connectivity index (χ3v) is 5.04. The molecule has 28 heavy (non-hydrogen) atoms. The minimum absolute atomic E-state index is 0. The normalized spacial score (nSPS) is 13.9. The van der Waals surface area contributed by atoms with Crippen LogP contribution in [0.1, 0.15) is 24.0 Å². The van der Waals surface area contributed by atoms with Crippen LogP contribution in [0.2, 0.25) is 5.02 Å². The molecule has 1 fully saturated rings. The van der Waals surface area contributed by atoms with Crippen LogP contribution < -0.4 is 20.1 Å². The second kappa shape index (κ2) is 13.1. The Morgan fingerprint density at radius 2 is 1.79 bits per heavy atom. The van der Waals surface area contributed by atoms with E-state index in [0.717, 1.165) is 59.7 Å². The summed E-state index contributed by atoms with van der Waals surface area (Å²) in [6.45, 7) is 4.55. The number of hydrogen-bond donors (Lipinski definition) is 2. The van der Waals surface area contributed by atoms with Gasteiger partial charge in [0.2, 0.25) is 0 Å². The molecule has 1 heterocycles. The van der Waals surface area contributed by atoms with E-state index < -0.39 is 0 Å². The van der Waals surface area contributed by atoms with Crippen LogP contribution >= 0.6 is 36.4 Å². The topological polar surface area (TPSA) is 42.5 Å². The predicted octanol–water partition coefficient (Wildman–Crippen LogP) is 4.86. The van der Waals surface area contributed by atoms with E-state index in [4.69, 9.17) is 21.1 Å². The van der Waals surface area contributed by atoms with Gasteiger partial charge in [-0.1, -0.05) is 35.9 Å². The molecular weight excluding hydrogens is 419 g/mol. The lowest BCUT2D eigenvalue weighted by atomic mass is 9.98. The smallest absolute Gasteiger partial charge is 0.166 e. The number of methoxy groups -OCH3 is 1. The third-order valence-electron chi connectivity index (χ3n) is 4.78. The molecule has 0 saturated carbocycles. The van der Waals surface area contributed by atoms with E-state index in [2.05, 4.69) is 16.7 Å². The van der Waals surface area contributed by atoms with E-state index >= 15 is 0 Å². The fourth-order valence-corrected chi connectivity index (χ4v) is 3.38. The van der Waals surface area contributed by atoms with Crippen molar-refractivity contribution in [1.82, 2.24) is 10.6 Å². The molecule has 2 N–H and O–H groups in total. The molecule has 3 rings (SSSR count). The highest BCUT2D eigenvalue weighted by atomic mass is 35.5. The molecule has 7 heteroatoms. The Bertz CT molecular complexity index is 693. The van der Waals surface area contributed by atoms with Crippen molar-refractivity contribution < 1.29 is 9.47 Å². The van der Waals surface area contributed by atoms with Crippen molar-refractivity contribution >= 4 is 36.4 Å². The van der Waals surface area contributed by atoms with E-state index in [1.165, 1.54) is 12.8 Å². The number of halogens is 3. The van der Waals surface area contributed by atoms with Gasteiger partial charge in [0.1, 0.15) is 6.61 Å². The first kappa shape index (κ1) is 24.9. The van der Waals surface area contributed by atoms with E-state index in [-0.39, 0.29) is 24.8 Å². The molecule has 0 aromatic heterocycles. The minimum Gasteiger partial charge on any atom is -0.493 e. The molecule has 1 saturated heterocycles. The van der Waals surface area contributed by atoms with Gasteiger partial charge >= 0.3 is 0 Å². The molecule has 0 spiro atoms. The first-order valence-corrected chi connectivity index (χ1v) is 9.58. The zero-order valence-electron chi connectivity index (χ0n) is 16.1. The summed E-state index contributed by atoms with van der Waals surface area (Å²) in [6.07, 6.45) is 2.48. The number of hydrogen-bond acceptors (Lipinski definition) is 4. The lowest BCUT2D eigenvalue weighted by molar-refractivity contribution is 0.280. The van der Waals surface area contributed by atoms with Crippen molar-refractivity contribution in [1.29, 1.82) is 0 Å². The molecule has 0 unspecified atom stereocenters. The van der Waals surface area contributed by atoms with Crippen molar-refractivity contribution in [3.05, 3.63) is 58.6 Å². The molecule has 0 atom stereocenters. The van der Waals surface area contributed by atoms with Crippen molar-refractivity contribution in [2.24, 2.45) is 5.92 Å². The van der Waals surface area contributed by atoms with Gasteiger partial charge in [0.05, 0.1) is 7.11 Å². The molecule has 1 aliphatic heterocycles. The lowest BCUT2D eigenvalue weighted by Gasteiger charge is -2.23. The third kappa shape index (κ3) is 7.34. The summed E-state index contributed by atoms with van der Waals surface area (Å²) in [5, 5.41) is 7.73. The van der Waals surface area contributed by atoms with Crippen LogP contribution in [0.4, 0.5) is 0 Å². The molecule has 0 aliphatic carbocycles. The highest BCUT2D eigenvalue weighted by Gasteiger charge is 2.14. The van der Waals surface area contributed by atoms with E-state index in [9.17, 15) is 0 Å². The van der Waals surface area contributed by atoms with E-state index in [0.29, 0.717) is 6.61 Å². The van der Waals surface area contributed by atoms with Crippen molar-refractivity contribution in [2.45, 2.75) is 26.0 Å². The van der Waals surface area contributed by atoms with Crippen molar-refractivity contribution in [2.75, 3.05) is 26.7 Å². The summed E-state index contributed by atoms with van der Waals surface area (Å²) in [6, 6.07) is 13.8. The summed E-state index contributed by atoms with van der Waals surface area (Å²) < 4.78 is 11.6. The molecule has 156 valence electrons. The van der Waals surface area contributed by atoms with Gasteiger partial charge in [0.25, 0.3) is 0 Å².